The van der Waals surface area contributed by atoms with Crippen molar-refractivity contribution in [1.82, 2.24) is 20.0 Å². The number of piperazine rings is 1. The molecule has 1 aromatic rings. The number of carbonyl (C=O) groups excluding carboxylic acids is 1. The van der Waals surface area contributed by atoms with Gasteiger partial charge in [-0.2, -0.15) is 0 Å². The number of hydrogen-bond acceptors (Lipinski definition) is 4. The summed E-state index contributed by atoms with van der Waals surface area (Å²) in [4.78, 5) is 19.5. The van der Waals surface area contributed by atoms with E-state index in [1.54, 1.807) is 7.11 Å². The zero-order valence-electron chi connectivity index (χ0n) is 16.8. The van der Waals surface area contributed by atoms with Crippen LogP contribution in [0.1, 0.15) is 31.7 Å². The summed E-state index contributed by atoms with van der Waals surface area (Å²) in [7, 11) is 1.70. The van der Waals surface area contributed by atoms with Crippen molar-refractivity contribution in [3.63, 3.8) is 0 Å². The number of nitrogens with zero attached hydrogens (tertiary/aromatic N) is 3. The van der Waals surface area contributed by atoms with Crippen molar-refractivity contribution < 1.29 is 9.53 Å². The summed E-state index contributed by atoms with van der Waals surface area (Å²) < 4.78 is 5.30. The molecule has 0 aliphatic carbocycles. The van der Waals surface area contributed by atoms with E-state index in [4.69, 9.17) is 4.74 Å². The van der Waals surface area contributed by atoms with Gasteiger partial charge in [0.15, 0.2) is 0 Å². The van der Waals surface area contributed by atoms with Gasteiger partial charge in [0.05, 0.1) is 7.11 Å². The predicted octanol–water partition coefficient (Wildman–Crippen LogP) is 2.40. The van der Waals surface area contributed by atoms with Crippen LogP contribution in [0, 0.1) is 0 Å². The minimum Gasteiger partial charge on any atom is -0.497 e. The van der Waals surface area contributed by atoms with E-state index in [9.17, 15) is 4.79 Å². The lowest BCUT2D eigenvalue weighted by Gasteiger charge is -2.37. The van der Waals surface area contributed by atoms with Crippen LogP contribution in [0.3, 0.4) is 0 Å². The summed E-state index contributed by atoms with van der Waals surface area (Å²) in [6.45, 7) is 9.83. The standard InChI is InChI=1S/C21H34N4O2/c1-3-9-23-10-5-7-19(17-23)22-21(26)25-13-11-24(12-14-25)16-18-6-4-8-20(15-18)27-2/h4,6,8,15,19H,3,5,7,9-14,16-17H2,1-2H3,(H,22,26)/t19-/m1/s1. The number of carbonyl (C=O) groups is 1. The number of hydrogen-bond donors (Lipinski definition) is 1. The second-order valence-electron chi connectivity index (χ2n) is 7.70. The van der Waals surface area contributed by atoms with Crippen molar-refractivity contribution in [3.8, 4) is 5.75 Å². The van der Waals surface area contributed by atoms with Crippen molar-refractivity contribution in [3.05, 3.63) is 29.8 Å². The zero-order valence-corrected chi connectivity index (χ0v) is 16.8. The summed E-state index contributed by atoms with van der Waals surface area (Å²) in [5, 5.41) is 3.27. The third-order valence-corrected chi connectivity index (χ3v) is 5.57. The van der Waals surface area contributed by atoms with E-state index in [1.807, 2.05) is 17.0 Å². The Bertz CT molecular complexity index is 600. The fourth-order valence-electron chi connectivity index (χ4n) is 4.10. The number of methoxy groups -OCH3 is 1. The third kappa shape index (κ3) is 5.84. The number of piperidine rings is 1. The monoisotopic (exact) mass is 374 g/mol. The van der Waals surface area contributed by atoms with Crippen molar-refractivity contribution in [1.29, 1.82) is 0 Å². The molecule has 0 saturated carbocycles. The van der Waals surface area contributed by atoms with Gasteiger partial charge in [-0.1, -0.05) is 19.1 Å². The Labute approximate surface area is 163 Å². The Balaban J connectivity index is 1.42. The van der Waals surface area contributed by atoms with Gasteiger partial charge in [0.25, 0.3) is 0 Å². The van der Waals surface area contributed by atoms with Gasteiger partial charge < -0.3 is 19.9 Å². The van der Waals surface area contributed by atoms with Crippen molar-refractivity contribution in [2.75, 3.05) is 52.9 Å². The Hall–Kier alpha value is -1.79. The van der Waals surface area contributed by atoms with Gasteiger partial charge in [-0.3, -0.25) is 4.90 Å². The van der Waals surface area contributed by atoms with Crippen LogP contribution < -0.4 is 10.1 Å². The van der Waals surface area contributed by atoms with Gasteiger partial charge >= 0.3 is 6.03 Å². The summed E-state index contributed by atoms with van der Waals surface area (Å²) in [6, 6.07) is 8.63. The van der Waals surface area contributed by atoms with Gasteiger partial charge in [-0.05, 0) is 50.0 Å². The maximum absolute atomic E-state index is 12.6. The summed E-state index contributed by atoms with van der Waals surface area (Å²) >= 11 is 0. The first-order valence-corrected chi connectivity index (χ1v) is 10.3. The molecule has 0 unspecified atom stereocenters. The molecule has 1 atom stereocenters. The molecule has 150 valence electrons. The summed E-state index contributed by atoms with van der Waals surface area (Å²) in [6.07, 6.45) is 3.46. The Morgan fingerprint density at radius 1 is 1.19 bits per heavy atom. The molecule has 0 bridgehead atoms. The van der Waals surface area contributed by atoms with Crippen LogP contribution in [0.25, 0.3) is 0 Å². The average Bonchev–Trinajstić information content (AvgIpc) is 2.69. The molecule has 2 saturated heterocycles. The highest BCUT2D eigenvalue weighted by molar-refractivity contribution is 5.74. The zero-order chi connectivity index (χ0) is 19.1. The molecule has 2 aliphatic rings. The lowest BCUT2D eigenvalue weighted by Crippen LogP contribution is -2.55. The quantitative estimate of drug-likeness (QED) is 0.831. The maximum Gasteiger partial charge on any atom is 0.317 e. The number of benzene rings is 1. The van der Waals surface area contributed by atoms with E-state index >= 15 is 0 Å². The van der Waals surface area contributed by atoms with E-state index in [1.165, 1.54) is 24.9 Å². The van der Waals surface area contributed by atoms with Crippen LogP contribution >= 0.6 is 0 Å². The van der Waals surface area contributed by atoms with Crippen LogP contribution in [0.2, 0.25) is 0 Å². The van der Waals surface area contributed by atoms with Crippen LogP contribution in [0.15, 0.2) is 24.3 Å². The van der Waals surface area contributed by atoms with Gasteiger partial charge in [0, 0.05) is 45.3 Å². The second kappa shape index (κ2) is 9.95. The van der Waals surface area contributed by atoms with Crippen LogP contribution in [-0.4, -0.2) is 79.7 Å². The smallest absolute Gasteiger partial charge is 0.317 e. The largest absolute Gasteiger partial charge is 0.497 e. The fourth-order valence-corrected chi connectivity index (χ4v) is 4.10. The molecular formula is C21H34N4O2. The predicted molar refractivity (Wildman–Crippen MR) is 108 cm³/mol. The molecule has 3 rings (SSSR count). The third-order valence-electron chi connectivity index (χ3n) is 5.57. The number of likely N-dealkylation sites (tertiary alicyclic amines) is 1. The molecule has 0 spiro atoms. The van der Waals surface area contributed by atoms with Gasteiger partial charge in [-0.25, -0.2) is 4.79 Å². The molecular weight excluding hydrogens is 340 g/mol. The molecule has 1 aromatic carbocycles. The highest BCUT2D eigenvalue weighted by atomic mass is 16.5. The normalized spacial score (nSPS) is 21.9. The number of amides is 2. The highest BCUT2D eigenvalue weighted by Crippen LogP contribution is 2.16. The van der Waals surface area contributed by atoms with E-state index in [2.05, 4.69) is 34.2 Å². The number of nitrogens with one attached hydrogen (secondary N) is 1. The molecule has 0 radical (unpaired) electrons. The summed E-state index contributed by atoms with van der Waals surface area (Å²) in [5.74, 6) is 0.898. The van der Waals surface area contributed by atoms with Gasteiger partial charge in [0.2, 0.25) is 0 Å². The lowest BCUT2D eigenvalue weighted by molar-refractivity contribution is 0.126. The Kier molecular flexibility index (Phi) is 7.35. The molecule has 1 N–H and O–H groups in total. The second-order valence-corrected chi connectivity index (χ2v) is 7.70. The van der Waals surface area contributed by atoms with E-state index in [0.29, 0.717) is 6.04 Å². The highest BCUT2D eigenvalue weighted by Gasteiger charge is 2.25. The first kappa shape index (κ1) is 20.0. The van der Waals surface area contributed by atoms with E-state index in [0.717, 1.165) is 58.0 Å². The number of ether oxygens (including phenoxy) is 1. The molecule has 27 heavy (non-hydrogen) atoms. The first-order valence-electron chi connectivity index (χ1n) is 10.3. The minimum atomic E-state index is 0.111. The first-order chi connectivity index (χ1) is 13.2. The fraction of sp³-hybridized carbons (Fsp3) is 0.667. The molecule has 2 heterocycles. The Morgan fingerprint density at radius 3 is 2.74 bits per heavy atom. The molecule has 6 heteroatoms. The maximum atomic E-state index is 12.6. The van der Waals surface area contributed by atoms with Crippen molar-refractivity contribution in [2.24, 2.45) is 0 Å². The van der Waals surface area contributed by atoms with Gasteiger partial charge in [-0.15, -0.1) is 0 Å². The number of rotatable bonds is 6. The average molecular weight is 375 g/mol. The molecule has 0 aromatic heterocycles. The summed E-state index contributed by atoms with van der Waals surface area (Å²) in [5.41, 5.74) is 1.26. The van der Waals surface area contributed by atoms with E-state index < -0.39 is 0 Å². The molecule has 2 aliphatic heterocycles. The van der Waals surface area contributed by atoms with Crippen molar-refractivity contribution >= 4 is 6.03 Å². The van der Waals surface area contributed by atoms with Crippen LogP contribution in [-0.2, 0) is 6.54 Å². The molecule has 2 fully saturated rings. The van der Waals surface area contributed by atoms with Gasteiger partial charge in [0.1, 0.15) is 5.75 Å². The molecule has 2 amide bonds. The molecule has 6 nitrogen and oxygen atoms in total. The SMILES string of the molecule is CCCN1CCC[C@@H](NC(=O)N2CCN(Cc3cccc(OC)c3)CC2)C1. The lowest BCUT2D eigenvalue weighted by atomic mass is 10.1. The Morgan fingerprint density at radius 2 is 2.00 bits per heavy atom. The van der Waals surface area contributed by atoms with E-state index in [-0.39, 0.29) is 6.03 Å². The topological polar surface area (TPSA) is 48.1 Å². The van der Waals surface area contributed by atoms with Crippen molar-refractivity contribution in [2.45, 2.75) is 38.8 Å². The number of urea groups is 1. The van der Waals surface area contributed by atoms with Crippen LogP contribution in [0.5, 0.6) is 5.75 Å². The minimum absolute atomic E-state index is 0.111. The van der Waals surface area contributed by atoms with Crippen LogP contribution in [0.4, 0.5) is 4.79 Å².